The van der Waals surface area contributed by atoms with Crippen LogP contribution in [0.25, 0.3) is 23.1 Å². The molecule has 3 heterocycles. The van der Waals surface area contributed by atoms with Gasteiger partial charge in [0.05, 0.1) is 24.0 Å². The van der Waals surface area contributed by atoms with Crippen LogP contribution in [0.2, 0.25) is 0 Å². The van der Waals surface area contributed by atoms with E-state index in [-0.39, 0.29) is 11.6 Å². The number of sulfone groups is 1. The van der Waals surface area contributed by atoms with Crippen molar-refractivity contribution in [3.05, 3.63) is 64.9 Å². The van der Waals surface area contributed by atoms with Crippen molar-refractivity contribution >= 4 is 46.2 Å². The van der Waals surface area contributed by atoms with Gasteiger partial charge in [-0.15, -0.1) is 0 Å². The van der Waals surface area contributed by atoms with Gasteiger partial charge in [-0.1, -0.05) is 9.48 Å². The van der Waals surface area contributed by atoms with Crippen LogP contribution in [0.4, 0.5) is 4.39 Å². The van der Waals surface area contributed by atoms with Crippen molar-refractivity contribution in [1.82, 2.24) is 15.3 Å². The Morgan fingerprint density at radius 3 is 2.81 bits per heavy atom. The van der Waals surface area contributed by atoms with Crippen LogP contribution in [0.15, 0.2) is 41.8 Å². The normalized spacial score (nSPS) is 16.5. The molecular weight excluding hydrogens is 428 g/mol. The monoisotopic (exact) mass is 448 g/mol. The van der Waals surface area contributed by atoms with E-state index in [0.717, 1.165) is 18.4 Å². The molecule has 3 aromatic rings. The van der Waals surface area contributed by atoms with Crippen molar-refractivity contribution in [3.8, 4) is 0 Å². The molecule has 5 rings (SSSR count). The minimum Gasteiger partial charge on any atom is -0.303 e. The maximum atomic E-state index is 13.7. The summed E-state index contributed by atoms with van der Waals surface area (Å²) in [6.07, 6.45) is 6.17. The number of rotatable bonds is 6. The predicted octanol–water partition coefficient (Wildman–Crippen LogP) is 0.362. The molecule has 0 amide bonds. The average Bonchev–Trinajstić information content (AvgIpc) is 3.34. The van der Waals surface area contributed by atoms with Crippen molar-refractivity contribution < 1.29 is 17.2 Å². The lowest BCUT2D eigenvalue weighted by molar-refractivity contribution is -0.559. The van der Waals surface area contributed by atoms with Gasteiger partial charge < -0.3 is 5.32 Å². The second-order valence-corrected chi connectivity index (χ2v) is 10.6. The number of hydrogen-bond acceptors (Lipinski definition) is 6. The number of hydrogen-bond donors (Lipinski definition) is 1. The van der Waals surface area contributed by atoms with E-state index in [1.165, 1.54) is 18.4 Å². The van der Waals surface area contributed by atoms with Gasteiger partial charge in [0.1, 0.15) is 34.4 Å². The summed E-state index contributed by atoms with van der Waals surface area (Å²) in [6.45, 7) is 4.36. The Morgan fingerprint density at radius 2 is 2.09 bits per heavy atom. The fourth-order valence-electron chi connectivity index (χ4n) is 4.00. The van der Waals surface area contributed by atoms with Crippen molar-refractivity contribution in [1.29, 1.82) is 0 Å². The Morgan fingerprint density at radius 1 is 1.31 bits per heavy atom. The molecule has 160 valence electrons. The first-order valence-corrected chi connectivity index (χ1v) is 12.2. The standard InChI is InChI=1S/C22H20BFN5O2S/c1-13-20(23)19(11-26-22(5-6-22)12-32(2,30)31)28-21-17(10-27-29(13)21)15-7-14-8-16(24)3-4-18(14)25-9-15/h3-4,7-10,26H,1,5-6,11-12H2,2H3/q+1. The molecule has 2 aliphatic rings. The zero-order valence-corrected chi connectivity index (χ0v) is 18.3. The predicted molar refractivity (Wildman–Crippen MR) is 120 cm³/mol. The maximum absolute atomic E-state index is 13.7. The summed E-state index contributed by atoms with van der Waals surface area (Å²) in [6, 6.07) is 6.28. The van der Waals surface area contributed by atoms with E-state index in [1.54, 1.807) is 22.8 Å². The molecule has 2 radical (unpaired) electrons. The highest BCUT2D eigenvalue weighted by Crippen LogP contribution is 2.36. The third-order valence-electron chi connectivity index (χ3n) is 5.84. The lowest BCUT2D eigenvalue weighted by Gasteiger charge is -2.15. The number of aromatic nitrogens is 3. The molecule has 0 atom stereocenters. The Balaban J connectivity index is 1.49. The Hall–Kier alpha value is -2.98. The summed E-state index contributed by atoms with van der Waals surface area (Å²) >= 11 is 0. The number of nitrogens with zero attached hydrogens (tertiary/aromatic N) is 4. The van der Waals surface area contributed by atoms with Crippen molar-refractivity contribution in [2.75, 3.05) is 12.0 Å². The molecule has 1 fully saturated rings. The van der Waals surface area contributed by atoms with Gasteiger partial charge in [0.15, 0.2) is 5.69 Å². The number of nitrogens with one attached hydrogen (secondary N) is 1. The quantitative estimate of drug-likeness (QED) is 0.435. The SMILES string of the molecule is [B]c1c(CNC2(CS(C)(=O)=O)CC2)nc2[n+](c1=C)=NC=C2c1cnc2ccc(F)cc2c1. The molecule has 2 aromatic heterocycles. The van der Waals surface area contributed by atoms with E-state index in [9.17, 15) is 12.8 Å². The zero-order valence-electron chi connectivity index (χ0n) is 17.5. The second-order valence-electron chi connectivity index (χ2n) is 8.48. The van der Waals surface area contributed by atoms with Gasteiger partial charge in [-0.25, -0.2) is 12.8 Å². The average molecular weight is 448 g/mol. The number of benzene rings is 1. The first kappa shape index (κ1) is 20.9. The Bertz CT molecular complexity index is 1530. The minimum atomic E-state index is -3.11. The van der Waals surface area contributed by atoms with Crippen LogP contribution < -0.4 is 20.5 Å². The van der Waals surface area contributed by atoms with Crippen molar-refractivity contribution in [3.63, 3.8) is 0 Å². The van der Waals surface area contributed by atoms with Gasteiger partial charge in [-0.2, -0.15) is 0 Å². The maximum Gasteiger partial charge on any atom is 0.358 e. The second kappa shape index (κ2) is 7.28. The Kier molecular flexibility index (Phi) is 4.75. The molecule has 1 aromatic carbocycles. The molecule has 0 unspecified atom stereocenters. The van der Waals surface area contributed by atoms with Crippen LogP contribution in [-0.4, -0.2) is 43.8 Å². The molecule has 0 bridgehead atoms. The van der Waals surface area contributed by atoms with Gasteiger partial charge in [0.25, 0.3) is 0 Å². The van der Waals surface area contributed by atoms with Crippen molar-refractivity contribution in [2.24, 2.45) is 5.11 Å². The van der Waals surface area contributed by atoms with Crippen LogP contribution in [0, 0.1) is 5.82 Å². The first-order valence-electron chi connectivity index (χ1n) is 10.1. The van der Waals surface area contributed by atoms with E-state index in [1.807, 2.05) is 6.07 Å². The van der Waals surface area contributed by atoms with Gasteiger partial charge in [-0.05, 0) is 54.1 Å². The summed E-state index contributed by atoms with van der Waals surface area (Å²) in [7, 11) is 3.16. The Labute approximate surface area is 185 Å². The number of pyridine rings is 1. The van der Waals surface area contributed by atoms with Crippen LogP contribution >= 0.6 is 0 Å². The van der Waals surface area contributed by atoms with E-state index in [4.69, 9.17) is 12.8 Å². The molecule has 1 saturated carbocycles. The van der Waals surface area contributed by atoms with E-state index in [2.05, 4.69) is 22.0 Å². The third kappa shape index (κ3) is 3.84. The first-order chi connectivity index (χ1) is 15.1. The highest BCUT2D eigenvalue weighted by atomic mass is 32.2. The molecule has 7 nitrogen and oxygen atoms in total. The molecule has 10 heteroatoms. The largest absolute Gasteiger partial charge is 0.358 e. The number of halogens is 1. The molecule has 0 spiro atoms. The van der Waals surface area contributed by atoms with E-state index in [0.29, 0.717) is 45.4 Å². The molecule has 1 N–H and O–H groups in total. The van der Waals surface area contributed by atoms with Gasteiger partial charge in [0.2, 0.25) is 0 Å². The van der Waals surface area contributed by atoms with Crippen LogP contribution in [0.5, 0.6) is 0 Å². The van der Waals surface area contributed by atoms with Crippen molar-refractivity contribution in [2.45, 2.75) is 24.9 Å². The van der Waals surface area contributed by atoms with Gasteiger partial charge >= 0.3 is 5.82 Å². The highest BCUT2D eigenvalue weighted by Gasteiger charge is 2.45. The summed E-state index contributed by atoms with van der Waals surface area (Å²) in [5.41, 5.74) is 2.69. The minimum absolute atomic E-state index is 0.0800. The van der Waals surface area contributed by atoms with Crippen LogP contribution in [0.1, 0.15) is 29.9 Å². The van der Waals surface area contributed by atoms with Gasteiger partial charge in [-0.3, -0.25) is 4.98 Å². The third-order valence-corrected chi connectivity index (χ3v) is 6.92. The molecule has 1 aliphatic heterocycles. The molecule has 0 saturated heterocycles. The van der Waals surface area contributed by atoms with Crippen LogP contribution in [-0.2, 0) is 16.4 Å². The fraction of sp³-hybridized carbons (Fsp3) is 0.273. The molecule has 1 aliphatic carbocycles. The summed E-state index contributed by atoms with van der Waals surface area (Å²) in [5.74, 6) is 0.293. The fourth-order valence-corrected chi connectivity index (χ4v) is 5.39. The zero-order chi connectivity index (χ0) is 22.7. The number of fused-ring (bicyclic) bond motifs is 2. The lowest BCUT2D eigenvalue weighted by atomic mass is 9.93. The lowest BCUT2D eigenvalue weighted by Crippen LogP contribution is -2.51. The van der Waals surface area contributed by atoms with E-state index < -0.39 is 15.4 Å². The van der Waals surface area contributed by atoms with Crippen LogP contribution in [0.3, 0.4) is 0 Å². The van der Waals surface area contributed by atoms with Gasteiger partial charge in [0, 0.05) is 28.9 Å². The molecule has 32 heavy (non-hydrogen) atoms. The summed E-state index contributed by atoms with van der Waals surface area (Å²) in [4.78, 5) is 9.14. The topological polar surface area (TPSA) is 90.2 Å². The summed E-state index contributed by atoms with van der Waals surface area (Å²) in [5, 5.41) is 8.86. The van der Waals surface area contributed by atoms with E-state index >= 15 is 0 Å². The molecular formula is C22H20BFN5O2S+. The summed E-state index contributed by atoms with van der Waals surface area (Å²) < 4.78 is 38.7. The highest BCUT2D eigenvalue weighted by molar-refractivity contribution is 7.90. The smallest absolute Gasteiger partial charge is 0.303 e.